The minimum absolute atomic E-state index is 0.0455. The molecule has 0 saturated carbocycles. The topological polar surface area (TPSA) is 0 Å². The quantitative estimate of drug-likeness (QED) is 0.624. The molecular formula is C8H6F6S. The Hall–Kier alpha value is -1.11. The Labute approximate surface area is 81.9 Å². The van der Waals surface area contributed by atoms with Gasteiger partial charge < -0.3 is 0 Å². The molecular weight excluding hydrogens is 242 g/mol. The van der Waals surface area contributed by atoms with Crippen molar-refractivity contribution in [2.24, 2.45) is 0 Å². The molecule has 0 amide bonds. The Balaban J connectivity index is 3.43. The van der Waals surface area contributed by atoms with Crippen molar-refractivity contribution in [2.45, 2.75) is 4.90 Å². The number of rotatable bonds is 2. The van der Waals surface area contributed by atoms with Crippen LogP contribution in [0.4, 0.5) is 23.8 Å². The van der Waals surface area contributed by atoms with Gasteiger partial charge in [-0.3, -0.25) is 0 Å². The Kier molecular flexibility index (Phi) is 2.01. The zero-order valence-corrected chi connectivity index (χ0v) is 8.01. The van der Waals surface area contributed by atoms with Gasteiger partial charge in [-0.1, -0.05) is 38.1 Å². The van der Waals surface area contributed by atoms with E-state index >= 15 is 0 Å². The smallest absolute Gasteiger partial charge is 0.207 e. The van der Waals surface area contributed by atoms with E-state index in [0.29, 0.717) is 6.07 Å². The zero-order valence-electron chi connectivity index (χ0n) is 7.19. The summed E-state index contributed by atoms with van der Waals surface area (Å²) in [5.74, 6) is -1.20. The predicted octanol–water partition coefficient (Wildman–Crippen LogP) is 5.28. The second-order valence-electron chi connectivity index (χ2n) is 2.90. The van der Waals surface area contributed by atoms with Crippen molar-refractivity contribution in [1.82, 2.24) is 0 Å². The van der Waals surface area contributed by atoms with Crippen molar-refractivity contribution < 1.29 is 23.8 Å². The standard InChI is InChI=1S/C8H6F6S/c1-6(9)7-3-2-4-8(5-7)15(10,11,12,13)14/h2-5H,1H2. The molecule has 0 aliphatic rings. The van der Waals surface area contributed by atoms with Crippen LogP contribution in [0, 0.1) is 0 Å². The highest BCUT2D eigenvalue weighted by molar-refractivity contribution is 8.45. The van der Waals surface area contributed by atoms with Crippen LogP contribution in [0.3, 0.4) is 0 Å². The van der Waals surface area contributed by atoms with Crippen LogP contribution in [-0.4, -0.2) is 0 Å². The number of halogens is 6. The van der Waals surface area contributed by atoms with Gasteiger partial charge in [-0.05, 0) is 12.1 Å². The molecule has 0 aliphatic carbocycles. The van der Waals surface area contributed by atoms with Gasteiger partial charge in [-0.15, -0.1) is 0 Å². The summed E-state index contributed by atoms with van der Waals surface area (Å²) in [4.78, 5) is -2.12. The molecule has 15 heavy (non-hydrogen) atoms. The van der Waals surface area contributed by atoms with Crippen LogP contribution in [0.2, 0.25) is 0 Å². The second kappa shape index (κ2) is 2.52. The molecule has 0 N–H and O–H groups in total. The fraction of sp³-hybridized carbons (Fsp3) is 0. The van der Waals surface area contributed by atoms with E-state index in [0.717, 1.165) is 6.07 Å². The average molecular weight is 248 g/mol. The van der Waals surface area contributed by atoms with Gasteiger partial charge in [0.2, 0.25) is 0 Å². The van der Waals surface area contributed by atoms with Crippen molar-refractivity contribution in [3.8, 4) is 0 Å². The third kappa shape index (κ3) is 2.92. The molecule has 0 radical (unpaired) electrons. The SMILES string of the molecule is C=C(F)c1cccc(S(F)(F)(F)(F)F)c1. The summed E-state index contributed by atoms with van der Waals surface area (Å²) in [6.07, 6.45) is 0. The summed E-state index contributed by atoms with van der Waals surface area (Å²) >= 11 is 0. The van der Waals surface area contributed by atoms with E-state index in [-0.39, 0.29) is 12.1 Å². The molecule has 1 aromatic rings. The van der Waals surface area contributed by atoms with Crippen LogP contribution in [0.1, 0.15) is 5.56 Å². The molecule has 0 unspecified atom stereocenters. The normalized spacial score (nSPS) is 16.7. The second-order valence-corrected chi connectivity index (χ2v) is 5.31. The van der Waals surface area contributed by atoms with Gasteiger partial charge in [-0.2, -0.15) is 0 Å². The van der Waals surface area contributed by atoms with Gasteiger partial charge in [0.1, 0.15) is 10.7 Å². The maximum atomic E-state index is 12.5. The van der Waals surface area contributed by atoms with Crippen molar-refractivity contribution >= 4 is 16.1 Å². The van der Waals surface area contributed by atoms with Crippen molar-refractivity contribution in [3.05, 3.63) is 36.4 Å². The minimum Gasteiger partial charge on any atom is -0.207 e. The van der Waals surface area contributed by atoms with Crippen molar-refractivity contribution in [3.63, 3.8) is 0 Å². The lowest BCUT2D eigenvalue weighted by Gasteiger charge is -2.40. The van der Waals surface area contributed by atoms with Gasteiger partial charge in [-0.25, -0.2) is 4.39 Å². The van der Waals surface area contributed by atoms with Crippen LogP contribution < -0.4 is 0 Å². The van der Waals surface area contributed by atoms with Crippen LogP contribution in [0.15, 0.2) is 35.7 Å². The molecule has 0 saturated heterocycles. The van der Waals surface area contributed by atoms with Crippen molar-refractivity contribution in [2.75, 3.05) is 0 Å². The highest BCUT2D eigenvalue weighted by Crippen LogP contribution is 3.02. The molecule has 0 bridgehead atoms. The van der Waals surface area contributed by atoms with Crippen LogP contribution in [0.5, 0.6) is 0 Å². The highest BCUT2D eigenvalue weighted by Gasteiger charge is 2.65. The summed E-state index contributed by atoms with van der Waals surface area (Å²) < 4.78 is 73.7. The third-order valence-electron chi connectivity index (χ3n) is 1.59. The molecule has 1 rings (SSSR count). The molecule has 0 aromatic heterocycles. The van der Waals surface area contributed by atoms with E-state index in [4.69, 9.17) is 0 Å². The summed E-state index contributed by atoms with van der Waals surface area (Å²) in [6, 6.07) is 1.88. The van der Waals surface area contributed by atoms with Crippen LogP contribution >= 0.6 is 10.2 Å². The van der Waals surface area contributed by atoms with E-state index in [1.807, 2.05) is 0 Å². The molecule has 7 heteroatoms. The van der Waals surface area contributed by atoms with Gasteiger partial charge in [0, 0.05) is 5.56 Å². The first-order valence-electron chi connectivity index (χ1n) is 3.59. The molecule has 86 valence electrons. The summed E-state index contributed by atoms with van der Waals surface area (Å²) in [5.41, 5.74) is -0.610. The first-order valence-corrected chi connectivity index (χ1v) is 5.54. The zero-order chi connectivity index (χ0) is 12.0. The molecule has 0 aliphatic heterocycles. The maximum Gasteiger partial charge on any atom is 0.310 e. The van der Waals surface area contributed by atoms with E-state index in [1.54, 1.807) is 0 Å². The maximum absolute atomic E-state index is 12.5. The highest BCUT2D eigenvalue weighted by atomic mass is 32.5. The summed E-state index contributed by atoms with van der Waals surface area (Å²) in [7, 11) is -9.72. The Bertz CT molecular complexity index is 417. The number of hydrogen-bond acceptors (Lipinski definition) is 0. The fourth-order valence-corrected chi connectivity index (χ4v) is 1.59. The minimum atomic E-state index is -9.72. The van der Waals surface area contributed by atoms with E-state index < -0.39 is 26.5 Å². The Morgan fingerprint density at radius 2 is 1.60 bits per heavy atom. The first kappa shape index (κ1) is 12.0. The molecule has 0 atom stereocenters. The molecule has 0 nitrogen and oxygen atoms in total. The Morgan fingerprint density at radius 3 is 2.00 bits per heavy atom. The van der Waals surface area contributed by atoms with Crippen molar-refractivity contribution in [1.29, 1.82) is 0 Å². The van der Waals surface area contributed by atoms with Gasteiger partial charge in [0.05, 0.1) is 0 Å². The molecule has 0 spiro atoms. The molecule has 0 heterocycles. The molecule has 1 aromatic carbocycles. The largest absolute Gasteiger partial charge is 0.310 e. The third-order valence-corrected chi connectivity index (χ3v) is 2.74. The lowest BCUT2D eigenvalue weighted by Crippen LogP contribution is -2.06. The van der Waals surface area contributed by atoms with E-state index in [1.165, 1.54) is 0 Å². The van der Waals surface area contributed by atoms with Gasteiger partial charge >= 0.3 is 10.2 Å². The van der Waals surface area contributed by atoms with Crippen LogP contribution in [0.25, 0.3) is 5.83 Å². The van der Waals surface area contributed by atoms with Gasteiger partial charge in [0.15, 0.2) is 0 Å². The summed E-state index contributed by atoms with van der Waals surface area (Å²) in [5, 5.41) is 0. The number of hydrogen-bond donors (Lipinski definition) is 0. The molecule has 0 fully saturated rings. The first-order chi connectivity index (χ1) is 6.40. The monoisotopic (exact) mass is 248 g/mol. The van der Waals surface area contributed by atoms with Crippen LogP contribution in [-0.2, 0) is 0 Å². The van der Waals surface area contributed by atoms with Gasteiger partial charge in [0.25, 0.3) is 0 Å². The van der Waals surface area contributed by atoms with E-state index in [9.17, 15) is 23.8 Å². The summed E-state index contributed by atoms with van der Waals surface area (Å²) in [6.45, 7) is 2.73. The lowest BCUT2D eigenvalue weighted by atomic mass is 10.2. The lowest BCUT2D eigenvalue weighted by molar-refractivity contribution is 0.364. The number of benzene rings is 1. The Morgan fingerprint density at radius 1 is 1.07 bits per heavy atom. The average Bonchev–Trinajstić information content (AvgIpc) is 2.00. The fourth-order valence-electron chi connectivity index (χ4n) is 0.905. The predicted molar refractivity (Wildman–Crippen MR) is 48.0 cm³/mol. The van der Waals surface area contributed by atoms with E-state index in [2.05, 4.69) is 6.58 Å².